The molecule has 0 radical (unpaired) electrons. The predicted molar refractivity (Wildman–Crippen MR) is 93.3 cm³/mol. The van der Waals surface area contributed by atoms with Crippen LogP contribution in [0.2, 0.25) is 0 Å². The normalized spacial score (nSPS) is 16.1. The molecule has 0 N–H and O–H groups in total. The topological polar surface area (TPSA) is 44.1 Å². The molecule has 1 saturated heterocycles. The summed E-state index contributed by atoms with van der Waals surface area (Å²) in [7, 11) is 0. The van der Waals surface area contributed by atoms with Crippen LogP contribution in [0.15, 0.2) is 59.5 Å². The Morgan fingerprint density at radius 2 is 1.77 bits per heavy atom. The highest BCUT2D eigenvalue weighted by Crippen LogP contribution is 2.37. The number of para-hydroxylation sites is 1. The molecule has 0 aliphatic carbocycles. The molecule has 3 nitrogen and oxygen atoms in total. The molecule has 0 aromatic heterocycles. The molecule has 1 fully saturated rings. The van der Waals surface area contributed by atoms with Crippen LogP contribution in [0.25, 0.3) is 6.08 Å². The third kappa shape index (κ3) is 2.67. The number of anilines is 1. The van der Waals surface area contributed by atoms with Crippen LogP contribution < -0.4 is 4.90 Å². The number of carbonyl (C=O) groups excluding carboxylic acids is 1. The summed E-state index contributed by atoms with van der Waals surface area (Å²) in [5.74, 6) is -0.193. The Hall–Kier alpha value is -2.42. The Kier molecular flexibility index (Phi) is 4.05. The summed E-state index contributed by atoms with van der Waals surface area (Å²) in [5.41, 5.74) is 1.90. The summed E-state index contributed by atoms with van der Waals surface area (Å²) in [6.45, 7) is 0. The minimum Gasteiger partial charge on any atom is -0.268 e. The predicted octanol–water partition coefficient (Wildman–Crippen LogP) is 3.96. The van der Waals surface area contributed by atoms with Crippen molar-refractivity contribution in [2.24, 2.45) is 0 Å². The second kappa shape index (κ2) is 6.14. The third-order valence-corrected chi connectivity index (χ3v) is 4.46. The zero-order chi connectivity index (χ0) is 15.5. The molecule has 1 heterocycles. The minimum absolute atomic E-state index is 0.193. The van der Waals surface area contributed by atoms with Gasteiger partial charge in [0.15, 0.2) is 4.32 Å². The molecule has 5 heteroatoms. The average Bonchev–Trinajstić information content (AvgIpc) is 2.82. The molecule has 0 spiro atoms. The highest BCUT2D eigenvalue weighted by molar-refractivity contribution is 8.27. The van der Waals surface area contributed by atoms with E-state index in [0.29, 0.717) is 20.5 Å². The molecule has 1 aliphatic heterocycles. The quantitative estimate of drug-likeness (QED) is 0.620. The van der Waals surface area contributed by atoms with Gasteiger partial charge in [-0.15, -0.1) is 0 Å². The number of nitriles is 1. The van der Waals surface area contributed by atoms with Gasteiger partial charge in [-0.25, -0.2) is 0 Å². The first-order valence-corrected chi connectivity index (χ1v) is 7.75. The maximum absolute atomic E-state index is 12.6. The summed E-state index contributed by atoms with van der Waals surface area (Å²) < 4.78 is 0.440. The smallest absolute Gasteiger partial charge is 0.268 e. The van der Waals surface area contributed by atoms with Gasteiger partial charge in [-0.3, -0.25) is 9.69 Å². The molecule has 2 aromatic carbocycles. The summed E-state index contributed by atoms with van der Waals surface area (Å²) in [6.07, 6.45) is 1.81. The van der Waals surface area contributed by atoms with Crippen LogP contribution in [0.3, 0.4) is 0 Å². The lowest BCUT2D eigenvalue weighted by atomic mass is 10.1. The fourth-order valence-corrected chi connectivity index (χ4v) is 3.42. The van der Waals surface area contributed by atoms with Crippen molar-refractivity contribution in [3.05, 3.63) is 70.6 Å². The Morgan fingerprint density at radius 3 is 2.50 bits per heavy atom. The van der Waals surface area contributed by atoms with Crippen molar-refractivity contribution in [1.29, 1.82) is 5.26 Å². The number of amides is 1. The minimum atomic E-state index is -0.193. The monoisotopic (exact) mass is 322 g/mol. The van der Waals surface area contributed by atoms with Gasteiger partial charge in [-0.05, 0) is 23.8 Å². The van der Waals surface area contributed by atoms with Gasteiger partial charge < -0.3 is 0 Å². The number of thioether (sulfide) groups is 1. The molecule has 22 heavy (non-hydrogen) atoms. The Balaban J connectivity index is 1.99. The Morgan fingerprint density at radius 1 is 1.09 bits per heavy atom. The zero-order valence-electron chi connectivity index (χ0n) is 11.4. The SMILES string of the molecule is N#Cc1ccccc1N1C(=O)/C(=C/c2ccccc2)SC1=S. The molecule has 1 amide bonds. The van der Waals surface area contributed by atoms with E-state index in [0.717, 1.165) is 5.56 Å². The van der Waals surface area contributed by atoms with Gasteiger partial charge in [-0.2, -0.15) is 5.26 Å². The van der Waals surface area contributed by atoms with E-state index < -0.39 is 0 Å². The molecule has 106 valence electrons. The molecule has 0 atom stereocenters. The summed E-state index contributed by atoms with van der Waals surface area (Å²) in [6, 6.07) is 18.7. The van der Waals surface area contributed by atoms with E-state index in [1.165, 1.54) is 16.7 Å². The van der Waals surface area contributed by atoms with Crippen molar-refractivity contribution in [1.82, 2.24) is 0 Å². The lowest BCUT2D eigenvalue weighted by Gasteiger charge is -2.15. The van der Waals surface area contributed by atoms with E-state index in [4.69, 9.17) is 12.2 Å². The van der Waals surface area contributed by atoms with E-state index in [1.807, 2.05) is 36.4 Å². The first-order valence-electron chi connectivity index (χ1n) is 6.53. The van der Waals surface area contributed by atoms with Gasteiger partial charge in [0, 0.05) is 0 Å². The van der Waals surface area contributed by atoms with Gasteiger partial charge in [0.05, 0.1) is 16.2 Å². The second-order valence-corrected chi connectivity index (χ2v) is 6.23. The fourth-order valence-electron chi connectivity index (χ4n) is 2.14. The fraction of sp³-hybridized carbons (Fsp3) is 0. The van der Waals surface area contributed by atoms with Gasteiger partial charge in [0.2, 0.25) is 0 Å². The van der Waals surface area contributed by atoms with Crippen molar-refractivity contribution in [2.75, 3.05) is 4.90 Å². The second-order valence-electron chi connectivity index (χ2n) is 4.56. The lowest BCUT2D eigenvalue weighted by molar-refractivity contribution is -0.113. The van der Waals surface area contributed by atoms with E-state index in [1.54, 1.807) is 24.3 Å². The molecule has 0 unspecified atom stereocenters. The van der Waals surface area contributed by atoms with Crippen molar-refractivity contribution in [2.45, 2.75) is 0 Å². The van der Waals surface area contributed by atoms with Crippen LogP contribution in [-0.2, 0) is 4.79 Å². The highest BCUT2D eigenvalue weighted by Gasteiger charge is 2.34. The first kappa shape index (κ1) is 14.5. The van der Waals surface area contributed by atoms with E-state index >= 15 is 0 Å². The zero-order valence-corrected chi connectivity index (χ0v) is 13.0. The average molecular weight is 322 g/mol. The van der Waals surface area contributed by atoms with Crippen molar-refractivity contribution in [3.63, 3.8) is 0 Å². The van der Waals surface area contributed by atoms with E-state index in [-0.39, 0.29) is 5.91 Å². The van der Waals surface area contributed by atoms with Crippen molar-refractivity contribution < 1.29 is 4.79 Å². The standard InChI is InChI=1S/C17H10N2OS2/c18-11-13-8-4-5-9-14(13)19-16(20)15(22-17(19)21)10-12-6-2-1-3-7-12/h1-10H/b15-10-. The van der Waals surface area contributed by atoms with Crippen LogP contribution in [0.1, 0.15) is 11.1 Å². The number of thiocarbonyl (C=S) groups is 1. The Labute approximate surface area is 137 Å². The number of hydrogen-bond donors (Lipinski definition) is 0. The number of benzene rings is 2. The van der Waals surface area contributed by atoms with Gasteiger partial charge in [0.25, 0.3) is 5.91 Å². The maximum Gasteiger partial charge on any atom is 0.270 e. The van der Waals surface area contributed by atoms with Crippen LogP contribution in [-0.4, -0.2) is 10.2 Å². The Bertz CT molecular complexity index is 822. The molecule has 3 rings (SSSR count). The number of nitrogens with zero attached hydrogens (tertiary/aromatic N) is 2. The number of carbonyl (C=O) groups is 1. The van der Waals surface area contributed by atoms with E-state index in [9.17, 15) is 10.1 Å². The molecule has 0 bridgehead atoms. The van der Waals surface area contributed by atoms with Crippen molar-refractivity contribution >= 4 is 46.0 Å². The molecule has 0 saturated carbocycles. The largest absolute Gasteiger partial charge is 0.270 e. The summed E-state index contributed by atoms with van der Waals surface area (Å²) in [4.78, 5) is 14.6. The molecule has 2 aromatic rings. The van der Waals surface area contributed by atoms with Gasteiger partial charge in [0.1, 0.15) is 6.07 Å². The molecule has 1 aliphatic rings. The van der Waals surface area contributed by atoms with Crippen LogP contribution >= 0.6 is 24.0 Å². The number of hydrogen-bond acceptors (Lipinski definition) is 4. The van der Waals surface area contributed by atoms with Crippen LogP contribution in [0.4, 0.5) is 5.69 Å². The van der Waals surface area contributed by atoms with Crippen LogP contribution in [0, 0.1) is 11.3 Å². The van der Waals surface area contributed by atoms with Gasteiger partial charge >= 0.3 is 0 Å². The van der Waals surface area contributed by atoms with Crippen LogP contribution in [0.5, 0.6) is 0 Å². The molecular weight excluding hydrogens is 312 g/mol. The van der Waals surface area contributed by atoms with E-state index in [2.05, 4.69) is 6.07 Å². The summed E-state index contributed by atoms with van der Waals surface area (Å²) in [5, 5.41) is 9.20. The lowest BCUT2D eigenvalue weighted by Crippen LogP contribution is -2.28. The third-order valence-electron chi connectivity index (χ3n) is 3.16. The number of rotatable bonds is 2. The molecular formula is C17H10N2OS2. The van der Waals surface area contributed by atoms with Crippen molar-refractivity contribution in [3.8, 4) is 6.07 Å². The maximum atomic E-state index is 12.6. The summed E-state index contributed by atoms with van der Waals surface area (Å²) >= 11 is 6.57. The van der Waals surface area contributed by atoms with Gasteiger partial charge in [-0.1, -0.05) is 66.4 Å². The highest BCUT2D eigenvalue weighted by atomic mass is 32.2. The first-order chi connectivity index (χ1) is 10.7.